The zero-order chi connectivity index (χ0) is 21.8. The zero-order valence-corrected chi connectivity index (χ0v) is 23.8. The van der Waals surface area contributed by atoms with E-state index >= 15 is 0 Å². The summed E-state index contributed by atoms with van der Waals surface area (Å²) in [5.41, 5.74) is 0. The molecule has 172 valence electrons. The van der Waals surface area contributed by atoms with Crippen LogP contribution in [-0.2, 0) is 14.9 Å². The molecule has 7 heteroatoms. The van der Waals surface area contributed by atoms with E-state index in [-0.39, 0.29) is 63.0 Å². The Kier molecular flexibility index (Phi) is 25.2. The zero-order valence-electron chi connectivity index (χ0n) is 19.9. The molecule has 0 N–H and O–H groups in total. The van der Waals surface area contributed by atoms with E-state index in [0.717, 1.165) is 19.3 Å². The average molecular weight is 470 g/mol. The van der Waals surface area contributed by atoms with E-state index in [1.54, 1.807) is 11.9 Å². The normalized spacial score (nSPS) is 11.6. The molecular formula is C23H44KNO4S. The van der Waals surface area contributed by atoms with Crippen molar-refractivity contribution < 1.29 is 69.1 Å². The molecule has 0 aliphatic carbocycles. The van der Waals surface area contributed by atoms with Gasteiger partial charge in [0.05, 0.1) is 10.1 Å². The Hall–Kier alpha value is 0.756. The largest absolute Gasteiger partial charge is 1.00 e. The Labute approximate surface area is 229 Å². The van der Waals surface area contributed by atoms with Crippen LogP contribution >= 0.6 is 0 Å². The van der Waals surface area contributed by atoms with Crippen LogP contribution in [-0.4, -0.2) is 43.1 Å². The molecule has 0 radical (unpaired) electrons. The van der Waals surface area contributed by atoms with Gasteiger partial charge in [0.2, 0.25) is 5.91 Å². The van der Waals surface area contributed by atoms with E-state index < -0.39 is 10.1 Å². The summed E-state index contributed by atoms with van der Waals surface area (Å²) in [6.45, 7) is 2.77. The summed E-state index contributed by atoms with van der Waals surface area (Å²) in [7, 11) is -2.40. The third kappa shape index (κ3) is 25.0. The summed E-state index contributed by atoms with van der Waals surface area (Å²) in [5.74, 6) is -0.240. The van der Waals surface area contributed by atoms with Gasteiger partial charge in [-0.3, -0.25) is 4.79 Å². The van der Waals surface area contributed by atoms with Crippen LogP contribution in [0.1, 0.15) is 110 Å². The number of nitrogens with zero attached hydrogens (tertiary/aromatic N) is 1. The van der Waals surface area contributed by atoms with E-state index in [1.165, 1.54) is 64.2 Å². The predicted molar refractivity (Wildman–Crippen MR) is 121 cm³/mol. The Bertz CT molecular complexity index is 523. The Morgan fingerprint density at radius 1 is 0.800 bits per heavy atom. The van der Waals surface area contributed by atoms with Gasteiger partial charge in [-0.25, -0.2) is 8.42 Å². The van der Waals surface area contributed by atoms with E-state index in [2.05, 4.69) is 19.1 Å². The summed E-state index contributed by atoms with van der Waals surface area (Å²) in [6.07, 6.45) is 22.2. The number of unbranched alkanes of at least 4 members (excludes halogenated alkanes) is 12. The van der Waals surface area contributed by atoms with E-state index in [0.29, 0.717) is 25.8 Å². The van der Waals surface area contributed by atoms with Crippen LogP contribution in [0.25, 0.3) is 0 Å². The van der Waals surface area contributed by atoms with Crippen molar-refractivity contribution in [3.63, 3.8) is 0 Å². The molecule has 0 bridgehead atoms. The third-order valence-corrected chi connectivity index (χ3v) is 6.00. The van der Waals surface area contributed by atoms with Gasteiger partial charge in [0, 0.05) is 25.8 Å². The number of carbonyl (C=O) groups excluding carboxylic acids is 1. The van der Waals surface area contributed by atoms with Gasteiger partial charge in [-0.2, -0.15) is 0 Å². The Morgan fingerprint density at radius 2 is 1.30 bits per heavy atom. The second-order valence-electron chi connectivity index (χ2n) is 8.12. The summed E-state index contributed by atoms with van der Waals surface area (Å²) in [4.78, 5) is 13.6. The molecule has 0 atom stereocenters. The number of carbonyl (C=O) groups is 1. The molecule has 0 aromatic carbocycles. The first-order chi connectivity index (χ1) is 13.9. The predicted octanol–water partition coefficient (Wildman–Crippen LogP) is 2.81. The second-order valence-corrected chi connectivity index (χ2v) is 9.64. The van der Waals surface area contributed by atoms with Gasteiger partial charge in [-0.05, 0) is 44.9 Å². The molecule has 0 aromatic heterocycles. The van der Waals surface area contributed by atoms with Crippen molar-refractivity contribution in [1.82, 2.24) is 4.90 Å². The molecule has 0 aromatic rings. The van der Waals surface area contributed by atoms with Crippen molar-refractivity contribution in [1.29, 1.82) is 0 Å². The molecule has 0 saturated carbocycles. The summed E-state index contributed by atoms with van der Waals surface area (Å²) in [5, 5.41) is 0. The van der Waals surface area contributed by atoms with Crippen LogP contribution in [0.4, 0.5) is 0 Å². The van der Waals surface area contributed by atoms with Gasteiger partial charge >= 0.3 is 51.4 Å². The molecule has 30 heavy (non-hydrogen) atoms. The van der Waals surface area contributed by atoms with E-state index in [4.69, 9.17) is 0 Å². The monoisotopic (exact) mass is 469 g/mol. The van der Waals surface area contributed by atoms with Gasteiger partial charge < -0.3 is 9.45 Å². The Morgan fingerprint density at radius 3 is 1.83 bits per heavy atom. The fourth-order valence-corrected chi connectivity index (χ4v) is 3.85. The standard InChI is InChI=1S/C23H45NO4S.K/c1-3-4-5-6-7-8-9-10-11-12-13-14-15-16-17-20-23(25)24(2)21-18-19-22-29(26,27)28;/h10-11H,3-9,12-22H2,1-2H3,(H,26,27,28);/q;+1/p-1/b11-10+;. The van der Waals surface area contributed by atoms with Crippen molar-refractivity contribution >= 4 is 16.0 Å². The number of amides is 1. The molecule has 0 heterocycles. The molecule has 0 rings (SSSR count). The number of hydrogen-bond acceptors (Lipinski definition) is 4. The van der Waals surface area contributed by atoms with Crippen molar-refractivity contribution in [2.24, 2.45) is 0 Å². The molecule has 0 saturated heterocycles. The summed E-state index contributed by atoms with van der Waals surface area (Å²) >= 11 is 0. The first kappa shape index (κ1) is 32.9. The maximum atomic E-state index is 12.0. The molecule has 0 aliphatic rings. The smallest absolute Gasteiger partial charge is 0.748 e. The Balaban J connectivity index is 0. The van der Waals surface area contributed by atoms with Crippen molar-refractivity contribution in [3.8, 4) is 0 Å². The maximum Gasteiger partial charge on any atom is 1.00 e. The van der Waals surface area contributed by atoms with Crippen LogP contribution in [0.5, 0.6) is 0 Å². The molecule has 5 nitrogen and oxygen atoms in total. The van der Waals surface area contributed by atoms with Crippen LogP contribution in [0.2, 0.25) is 0 Å². The van der Waals surface area contributed by atoms with E-state index in [1.807, 2.05) is 0 Å². The first-order valence-electron chi connectivity index (χ1n) is 11.7. The molecule has 0 spiro atoms. The van der Waals surface area contributed by atoms with E-state index in [9.17, 15) is 17.8 Å². The molecule has 1 amide bonds. The van der Waals surface area contributed by atoms with Crippen molar-refractivity contribution in [2.45, 2.75) is 110 Å². The van der Waals surface area contributed by atoms with Crippen LogP contribution in [0.3, 0.4) is 0 Å². The number of rotatable bonds is 20. The fourth-order valence-electron chi connectivity index (χ4n) is 3.29. The molecule has 0 unspecified atom stereocenters. The van der Waals surface area contributed by atoms with Gasteiger partial charge in [-0.1, -0.05) is 70.4 Å². The summed E-state index contributed by atoms with van der Waals surface area (Å²) in [6, 6.07) is 0. The van der Waals surface area contributed by atoms with Crippen molar-refractivity contribution in [2.75, 3.05) is 19.3 Å². The number of allylic oxidation sites excluding steroid dienone is 2. The molecule has 0 fully saturated rings. The quantitative estimate of drug-likeness (QED) is 0.119. The molecule has 0 aliphatic heterocycles. The summed E-state index contributed by atoms with van der Waals surface area (Å²) < 4.78 is 31.6. The minimum Gasteiger partial charge on any atom is -0.748 e. The van der Waals surface area contributed by atoms with Crippen LogP contribution < -0.4 is 51.4 Å². The molecular weight excluding hydrogens is 425 g/mol. The van der Waals surface area contributed by atoms with Gasteiger partial charge in [-0.15, -0.1) is 0 Å². The van der Waals surface area contributed by atoms with Gasteiger partial charge in [0.15, 0.2) is 0 Å². The average Bonchev–Trinajstić information content (AvgIpc) is 2.67. The van der Waals surface area contributed by atoms with Gasteiger partial charge in [0.1, 0.15) is 0 Å². The second kappa shape index (κ2) is 22.9. The topological polar surface area (TPSA) is 77.5 Å². The van der Waals surface area contributed by atoms with Crippen LogP contribution in [0.15, 0.2) is 12.2 Å². The third-order valence-electron chi connectivity index (χ3n) is 5.22. The van der Waals surface area contributed by atoms with Gasteiger partial charge in [0.25, 0.3) is 0 Å². The van der Waals surface area contributed by atoms with Crippen LogP contribution in [0, 0.1) is 0 Å². The maximum absolute atomic E-state index is 12.0. The minimum atomic E-state index is -4.14. The van der Waals surface area contributed by atoms with Crippen molar-refractivity contribution in [3.05, 3.63) is 12.2 Å². The first-order valence-corrected chi connectivity index (χ1v) is 13.3. The SMILES string of the molecule is CCCCCCCC/C=C/CCCCCCCC(=O)N(C)CCCCS(=O)(=O)[O-].[K+]. The fraction of sp³-hybridized carbons (Fsp3) is 0.870. The minimum absolute atomic E-state index is 0. The number of hydrogen-bond donors (Lipinski definition) is 0.